The highest BCUT2D eigenvalue weighted by Gasteiger charge is 2.11. The van der Waals surface area contributed by atoms with Gasteiger partial charge < -0.3 is 15.5 Å². The van der Waals surface area contributed by atoms with Crippen molar-refractivity contribution in [2.45, 2.75) is 25.8 Å². The number of unbranched alkanes of at least 4 members (excludes halogenated alkanes) is 1. The minimum absolute atomic E-state index is 0.176. The van der Waals surface area contributed by atoms with Gasteiger partial charge in [-0.15, -0.1) is 0 Å². The number of hydrogen-bond acceptors (Lipinski definition) is 3. The zero-order chi connectivity index (χ0) is 16.7. The summed E-state index contributed by atoms with van der Waals surface area (Å²) in [6.45, 7) is 0.844. The highest BCUT2D eigenvalue weighted by molar-refractivity contribution is 5.95. The highest BCUT2D eigenvalue weighted by Crippen LogP contribution is 2.21. The van der Waals surface area contributed by atoms with Gasteiger partial charge in [0.2, 0.25) is 5.91 Å². The molecule has 2 aromatic rings. The van der Waals surface area contributed by atoms with Crippen LogP contribution in [0.4, 0.5) is 5.69 Å². The normalized spacial score (nSPS) is 10.3. The first-order valence-electron chi connectivity index (χ1n) is 7.36. The van der Waals surface area contributed by atoms with E-state index in [0.717, 1.165) is 19.4 Å². The fourth-order valence-electron chi connectivity index (χ4n) is 2.17. The fourth-order valence-corrected chi connectivity index (χ4v) is 2.17. The summed E-state index contributed by atoms with van der Waals surface area (Å²) in [5.41, 5.74) is 0.130. The van der Waals surface area contributed by atoms with Crippen LogP contribution in [0.1, 0.15) is 29.6 Å². The Kier molecular flexibility index (Phi) is 5.68. The molecule has 1 heterocycles. The van der Waals surface area contributed by atoms with Crippen molar-refractivity contribution in [2.24, 2.45) is 0 Å². The maximum absolute atomic E-state index is 11.9. The second-order valence-electron chi connectivity index (χ2n) is 5.16. The van der Waals surface area contributed by atoms with E-state index >= 15 is 0 Å². The summed E-state index contributed by atoms with van der Waals surface area (Å²) in [6.07, 6.45) is 5.92. The van der Waals surface area contributed by atoms with E-state index in [9.17, 15) is 14.7 Å². The number of aromatic carboxylic acids is 1. The number of nitrogens with one attached hydrogen (secondary N) is 1. The first-order valence-corrected chi connectivity index (χ1v) is 7.36. The van der Waals surface area contributed by atoms with Gasteiger partial charge >= 0.3 is 5.97 Å². The van der Waals surface area contributed by atoms with Gasteiger partial charge in [-0.05, 0) is 24.6 Å². The number of hydrogen-bond donors (Lipinski definition) is 3. The molecule has 1 aromatic heterocycles. The Balaban J connectivity index is 1.79. The number of aromatic nitrogens is 1. The van der Waals surface area contributed by atoms with Gasteiger partial charge in [0, 0.05) is 30.7 Å². The van der Waals surface area contributed by atoms with Crippen molar-refractivity contribution in [1.82, 2.24) is 0 Å². The van der Waals surface area contributed by atoms with Crippen molar-refractivity contribution in [2.75, 3.05) is 5.32 Å². The monoisotopic (exact) mass is 315 g/mol. The molecular weight excluding hydrogens is 296 g/mol. The number of anilines is 1. The Bertz CT molecular complexity index is 686. The molecule has 0 spiro atoms. The van der Waals surface area contributed by atoms with Crippen LogP contribution in [0, 0.1) is 0 Å². The standard InChI is InChI=1S/C17H18N2O4/c20-15-8-7-13(12-14(15)17(22)23)18-16(21)6-2-5-11-19-9-3-1-4-10-19/h1,3-4,7-10,12H,2,5-6,11H2,(H2-,18,20,21,22,23)/p+1. The lowest BCUT2D eigenvalue weighted by atomic mass is 10.1. The average molecular weight is 315 g/mol. The quantitative estimate of drug-likeness (QED) is 0.415. The van der Waals surface area contributed by atoms with Crippen LogP contribution in [0.15, 0.2) is 48.8 Å². The molecule has 1 amide bonds. The molecular formula is C17H19N2O4+. The fraction of sp³-hybridized carbons (Fsp3) is 0.235. The van der Waals surface area contributed by atoms with E-state index in [1.54, 1.807) is 0 Å². The summed E-state index contributed by atoms with van der Waals surface area (Å²) in [5.74, 6) is -1.74. The van der Waals surface area contributed by atoms with Crippen molar-refractivity contribution in [1.29, 1.82) is 0 Å². The van der Waals surface area contributed by atoms with Crippen molar-refractivity contribution < 1.29 is 24.4 Å². The van der Waals surface area contributed by atoms with Gasteiger partial charge in [0.15, 0.2) is 12.4 Å². The predicted octanol–water partition coefficient (Wildman–Crippen LogP) is 2.19. The number of aryl methyl sites for hydroxylation is 1. The number of rotatable bonds is 7. The van der Waals surface area contributed by atoms with E-state index < -0.39 is 5.97 Å². The molecule has 0 aliphatic carbocycles. The summed E-state index contributed by atoms with van der Waals surface area (Å²) in [6, 6.07) is 9.84. The second-order valence-corrected chi connectivity index (χ2v) is 5.16. The number of carboxylic acids is 1. The zero-order valence-electron chi connectivity index (χ0n) is 12.6. The average Bonchev–Trinajstić information content (AvgIpc) is 2.54. The number of nitrogens with zero attached hydrogens (tertiary/aromatic N) is 1. The molecule has 3 N–H and O–H groups in total. The van der Waals surface area contributed by atoms with E-state index in [4.69, 9.17) is 5.11 Å². The third-order valence-electron chi connectivity index (χ3n) is 3.36. The molecule has 6 heteroatoms. The molecule has 0 fully saturated rings. The van der Waals surface area contributed by atoms with Gasteiger partial charge in [-0.3, -0.25) is 4.79 Å². The van der Waals surface area contributed by atoms with Gasteiger partial charge in [-0.1, -0.05) is 6.07 Å². The summed E-state index contributed by atoms with van der Waals surface area (Å²) in [7, 11) is 0. The molecule has 0 bridgehead atoms. The van der Waals surface area contributed by atoms with E-state index in [1.165, 1.54) is 18.2 Å². The van der Waals surface area contributed by atoms with Crippen molar-refractivity contribution in [3.63, 3.8) is 0 Å². The number of carbonyl (C=O) groups excluding carboxylic acids is 1. The van der Waals surface area contributed by atoms with Crippen LogP contribution in [0.5, 0.6) is 5.75 Å². The van der Waals surface area contributed by atoms with E-state index in [-0.39, 0.29) is 17.2 Å². The molecule has 2 rings (SSSR count). The Labute approximate surface area is 134 Å². The van der Waals surface area contributed by atoms with Gasteiger partial charge in [0.25, 0.3) is 0 Å². The Morgan fingerprint density at radius 1 is 1.09 bits per heavy atom. The largest absolute Gasteiger partial charge is 0.507 e. The van der Waals surface area contributed by atoms with Gasteiger partial charge in [0.05, 0.1) is 0 Å². The molecule has 0 radical (unpaired) electrons. The number of aromatic hydroxyl groups is 1. The first-order chi connectivity index (χ1) is 11.1. The van der Waals surface area contributed by atoms with Crippen molar-refractivity contribution in [3.8, 4) is 5.75 Å². The van der Waals surface area contributed by atoms with Crippen LogP contribution in [0.2, 0.25) is 0 Å². The SMILES string of the molecule is O=C(CCCC[n+]1ccccc1)Nc1ccc(O)c(C(=O)O)c1. The van der Waals surface area contributed by atoms with Crippen molar-refractivity contribution in [3.05, 3.63) is 54.4 Å². The Morgan fingerprint density at radius 3 is 2.52 bits per heavy atom. The molecule has 120 valence electrons. The Hall–Kier alpha value is -2.89. The molecule has 0 aliphatic heterocycles. The summed E-state index contributed by atoms with van der Waals surface area (Å²) in [4.78, 5) is 22.8. The molecule has 0 unspecified atom stereocenters. The van der Waals surface area contributed by atoms with Crippen LogP contribution >= 0.6 is 0 Å². The van der Waals surface area contributed by atoms with Crippen LogP contribution in [0.25, 0.3) is 0 Å². The summed E-state index contributed by atoms with van der Waals surface area (Å²) >= 11 is 0. The number of pyridine rings is 1. The number of phenols is 1. The summed E-state index contributed by atoms with van der Waals surface area (Å²) in [5, 5.41) is 21.0. The first kappa shape index (κ1) is 16.5. The maximum atomic E-state index is 11.9. The van der Waals surface area contributed by atoms with E-state index in [2.05, 4.69) is 9.88 Å². The molecule has 0 saturated heterocycles. The molecule has 0 aliphatic rings. The number of benzene rings is 1. The second kappa shape index (κ2) is 7.93. The predicted molar refractivity (Wildman–Crippen MR) is 84.2 cm³/mol. The van der Waals surface area contributed by atoms with Gasteiger partial charge in [-0.2, -0.15) is 0 Å². The van der Waals surface area contributed by atoms with E-state index in [1.807, 2.05) is 30.6 Å². The van der Waals surface area contributed by atoms with Gasteiger partial charge in [0.1, 0.15) is 17.9 Å². The lowest BCUT2D eigenvalue weighted by Crippen LogP contribution is -2.32. The maximum Gasteiger partial charge on any atom is 0.339 e. The third-order valence-corrected chi connectivity index (χ3v) is 3.36. The minimum Gasteiger partial charge on any atom is -0.507 e. The van der Waals surface area contributed by atoms with E-state index in [0.29, 0.717) is 12.1 Å². The Morgan fingerprint density at radius 2 is 1.83 bits per heavy atom. The highest BCUT2D eigenvalue weighted by atomic mass is 16.4. The number of carboxylic acid groups (broad SMARTS) is 1. The van der Waals surface area contributed by atoms with Crippen LogP contribution in [-0.4, -0.2) is 22.1 Å². The molecule has 6 nitrogen and oxygen atoms in total. The topological polar surface area (TPSA) is 90.5 Å². The third kappa shape index (κ3) is 5.10. The lowest BCUT2D eigenvalue weighted by molar-refractivity contribution is -0.697. The van der Waals surface area contributed by atoms with Crippen molar-refractivity contribution >= 4 is 17.6 Å². The smallest absolute Gasteiger partial charge is 0.339 e. The number of carbonyl (C=O) groups is 2. The minimum atomic E-state index is -1.24. The molecule has 0 atom stereocenters. The number of amides is 1. The van der Waals surface area contributed by atoms with Crippen LogP contribution in [0.3, 0.4) is 0 Å². The summed E-state index contributed by atoms with van der Waals surface area (Å²) < 4.78 is 2.05. The zero-order valence-corrected chi connectivity index (χ0v) is 12.6. The van der Waals surface area contributed by atoms with Crippen LogP contribution in [-0.2, 0) is 11.3 Å². The molecule has 0 saturated carbocycles. The van der Waals surface area contributed by atoms with Gasteiger partial charge in [-0.25, -0.2) is 9.36 Å². The van der Waals surface area contributed by atoms with Crippen LogP contribution < -0.4 is 9.88 Å². The molecule has 23 heavy (non-hydrogen) atoms. The molecule has 1 aromatic carbocycles. The lowest BCUT2D eigenvalue weighted by Gasteiger charge is -2.07.